The number of hydrogen-bond donors (Lipinski definition) is 2. The van der Waals surface area contributed by atoms with Crippen LogP contribution in [0.4, 0.5) is 5.69 Å². The van der Waals surface area contributed by atoms with Gasteiger partial charge in [0.25, 0.3) is 10.0 Å². The highest BCUT2D eigenvalue weighted by Crippen LogP contribution is 2.26. The van der Waals surface area contributed by atoms with Crippen LogP contribution in [0.1, 0.15) is 17.7 Å². The minimum absolute atomic E-state index is 0.375. The number of benzene rings is 1. The van der Waals surface area contributed by atoms with Gasteiger partial charge in [0.05, 0.1) is 0 Å². The second-order valence-corrected chi connectivity index (χ2v) is 7.49. The quantitative estimate of drug-likeness (QED) is 0.863. The van der Waals surface area contributed by atoms with E-state index in [1.165, 1.54) is 24.2 Å². The van der Waals surface area contributed by atoms with E-state index in [0.717, 1.165) is 4.88 Å². The highest BCUT2D eigenvalue weighted by molar-refractivity contribution is 7.93. The monoisotopic (exact) mass is 308 g/mol. The van der Waals surface area contributed by atoms with E-state index in [4.69, 9.17) is 0 Å². The summed E-state index contributed by atoms with van der Waals surface area (Å²) in [6.45, 7) is 0.618. The third-order valence-corrected chi connectivity index (χ3v) is 5.66. The van der Waals surface area contributed by atoms with Gasteiger partial charge in [-0.25, -0.2) is 8.42 Å². The zero-order chi connectivity index (χ0) is 14.0. The van der Waals surface area contributed by atoms with Crippen molar-refractivity contribution in [3.8, 4) is 0 Å². The molecule has 1 aliphatic carbocycles. The Morgan fingerprint density at radius 3 is 2.60 bits per heavy atom. The minimum Gasteiger partial charge on any atom is -0.309 e. The first-order valence-corrected chi connectivity index (χ1v) is 8.89. The number of para-hydroxylation sites is 1. The third kappa shape index (κ3) is 3.20. The average molecular weight is 308 g/mol. The van der Waals surface area contributed by atoms with Crippen molar-refractivity contribution in [3.05, 3.63) is 46.7 Å². The van der Waals surface area contributed by atoms with Gasteiger partial charge in [-0.2, -0.15) is 0 Å². The van der Waals surface area contributed by atoms with Gasteiger partial charge in [-0.3, -0.25) is 4.72 Å². The van der Waals surface area contributed by atoms with Gasteiger partial charge in [-0.1, -0.05) is 18.2 Å². The van der Waals surface area contributed by atoms with Crippen LogP contribution in [-0.4, -0.2) is 14.5 Å². The van der Waals surface area contributed by atoms with Crippen LogP contribution in [0.5, 0.6) is 0 Å². The summed E-state index contributed by atoms with van der Waals surface area (Å²) in [5.41, 5.74) is 0.583. The molecule has 106 valence electrons. The van der Waals surface area contributed by atoms with Gasteiger partial charge in [0.15, 0.2) is 0 Å². The fourth-order valence-corrected chi connectivity index (χ4v) is 4.39. The zero-order valence-electron chi connectivity index (χ0n) is 10.9. The fraction of sp³-hybridized carbons (Fsp3) is 0.286. The lowest BCUT2D eigenvalue weighted by molar-refractivity contribution is 0.599. The molecule has 20 heavy (non-hydrogen) atoms. The largest absolute Gasteiger partial charge is 0.309 e. The van der Waals surface area contributed by atoms with Crippen LogP contribution in [0.3, 0.4) is 0 Å². The van der Waals surface area contributed by atoms with Crippen LogP contribution in [0.2, 0.25) is 0 Å². The lowest BCUT2D eigenvalue weighted by Crippen LogP contribution is -2.18. The third-order valence-electron chi connectivity index (χ3n) is 3.15. The number of rotatable bonds is 6. The molecular weight excluding hydrogens is 292 g/mol. The second kappa shape index (κ2) is 5.55. The summed E-state index contributed by atoms with van der Waals surface area (Å²) in [7, 11) is -3.51. The Morgan fingerprint density at radius 1 is 1.15 bits per heavy atom. The molecule has 2 aromatic rings. The lowest BCUT2D eigenvalue weighted by atomic mass is 10.3. The molecule has 0 aliphatic heterocycles. The molecule has 1 aromatic carbocycles. The van der Waals surface area contributed by atoms with Gasteiger partial charge in [-0.05, 0) is 36.4 Å². The Labute approximate surface area is 122 Å². The van der Waals surface area contributed by atoms with Crippen molar-refractivity contribution in [3.63, 3.8) is 0 Å². The van der Waals surface area contributed by atoms with Crippen molar-refractivity contribution >= 4 is 27.0 Å². The number of thiophene rings is 1. The summed E-state index contributed by atoms with van der Waals surface area (Å²) in [6, 6.07) is 11.2. The van der Waals surface area contributed by atoms with E-state index in [2.05, 4.69) is 10.0 Å². The molecule has 0 unspecified atom stereocenters. The zero-order valence-corrected chi connectivity index (χ0v) is 12.5. The molecule has 0 radical (unpaired) electrons. The second-order valence-electron chi connectivity index (χ2n) is 4.83. The Hall–Kier alpha value is -1.37. The van der Waals surface area contributed by atoms with Crippen molar-refractivity contribution in [2.45, 2.75) is 30.3 Å². The van der Waals surface area contributed by atoms with E-state index in [0.29, 0.717) is 23.2 Å². The molecule has 1 saturated carbocycles. The first kappa shape index (κ1) is 13.6. The standard InChI is InChI=1S/C14H16N2O2S2/c17-20(18,16-12-4-2-1-3-5-12)14-8-9-19-13(14)10-15-11-6-7-11/h1-5,8-9,11,15-16H,6-7,10H2. The first-order valence-electron chi connectivity index (χ1n) is 6.53. The molecule has 0 spiro atoms. The maximum atomic E-state index is 12.4. The SMILES string of the molecule is O=S(=O)(Nc1ccccc1)c1ccsc1CNC1CC1. The normalized spacial score (nSPS) is 15.2. The first-order chi connectivity index (χ1) is 9.65. The topological polar surface area (TPSA) is 58.2 Å². The molecule has 6 heteroatoms. The van der Waals surface area contributed by atoms with E-state index < -0.39 is 10.0 Å². The smallest absolute Gasteiger partial charge is 0.263 e. The molecule has 2 N–H and O–H groups in total. The Morgan fingerprint density at radius 2 is 1.90 bits per heavy atom. The summed E-state index contributed by atoms with van der Waals surface area (Å²) in [5, 5.41) is 5.18. The summed E-state index contributed by atoms with van der Waals surface area (Å²) < 4.78 is 27.4. The summed E-state index contributed by atoms with van der Waals surface area (Å²) in [4.78, 5) is 1.24. The van der Waals surface area contributed by atoms with E-state index in [1.807, 2.05) is 11.4 Å². The fourth-order valence-electron chi connectivity index (χ4n) is 1.94. The highest BCUT2D eigenvalue weighted by atomic mass is 32.2. The molecule has 1 aromatic heterocycles. The summed E-state index contributed by atoms with van der Waals surface area (Å²) in [6.07, 6.45) is 2.38. The van der Waals surface area contributed by atoms with E-state index in [1.54, 1.807) is 30.3 Å². The molecule has 3 rings (SSSR count). The highest BCUT2D eigenvalue weighted by Gasteiger charge is 2.23. The van der Waals surface area contributed by atoms with Gasteiger partial charge in [0.2, 0.25) is 0 Å². The Balaban J connectivity index is 1.78. The molecule has 4 nitrogen and oxygen atoms in total. The van der Waals surface area contributed by atoms with Gasteiger partial charge in [-0.15, -0.1) is 11.3 Å². The van der Waals surface area contributed by atoms with Crippen LogP contribution in [0.15, 0.2) is 46.7 Å². The molecule has 0 amide bonds. The molecule has 0 bridgehead atoms. The van der Waals surface area contributed by atoms with Gasteiger partial charge < -0.3 is 5.32 Å². The van der Waals surface area contributed by atoms with Crippen LogP contribution in [0.25, 0.3) is 0 Å². The molecule has 1 heterocycles. The maximum Gasteiger partial charge on any atom is 0.263 e. The van der Waals surface area contributed by atoms with Crippen molar-refractivity contribution in [1.29, 1.82) is 0 Å². The molecular formula is C14H16N2O2S2. The molecule has 0 atom stereocenters. The Bertz CT molecular complexity index is 676. The van der Waals surface area contributed by atoms with E-state index in [-0.39, 0.29) is 0 Å². The number of sulfonamides is 1. The molecule has 1 aliphatic rings. The predicted octanol–water partition coefficient (Wildman–Crippen LogP) is 2.80. The van der Waals surface area contributed by atoms with Crippen LogP contribution in [-0.2, 0) is 16.6 Å². The van der Waals surface area contributed by atoms with Gasteiger partial charge >= 0.3 is 0 Å². The van der Waals surface area contributed by atoms with Gasteiger partial charge in [0.1, 0.15) is 4.90 Å². The summed E-state index contributed by atoms with van der Waals surface area (Å²) in [5.74, 6) is 0. The van der Waals surface area contributed by atoms with Crippen LogP contribution in [0, 0.1) is 0 Å². The van der Waals surface area contributed by atoms with Crippen LogP contribution < -0.4 is 10.0 Å². The number of nitrogens with one attached hydrogen (secondary N) is 2. The maximum absolute atomic E-state index is 12.4. The average Bonchev–Trinajstić information content (AvgIpc) is 3.13. The van der Waals surface area contributed by atoms with Crippen molar-refractivity contribution in [1.82, 2.24) is 5.32 Å². The number of anilines is 1. The van der Waals surface area contributed by atoms with Crippen LogP contribution >= 0.6 is 11.3 Å². The van der Waals surface area contributed by atoms with Gasteiger partial charge in [0, 0.05) is 23.2 Å². The minimum atomic E-state index is -3.51. The van der Waals surface area contributed by atoms with Crippen molar-refractivity contribution in [2.24, 2.45) is 0 Å². The molecule has 0 saturated heterocycles. The summed E-state index contributed by atoms with van der Waals surface area (Å²) >= 11 is 1.48. The Kier molecular flexibility index (Phi) is 3.78. The van der Waals surface area contributed by atoms with E-state index >= 15 is 0 Å². The van der Waals surface area contributed by atoms with Crippen molar-refractivity contribution in [2.75, 3.05) is 4.72 Å². The molecule has 1 fully saturated rings. The lowest BCUT2D eigenvalue weighted by Gasteiger charge is -2.09. The van der Waals surface area contributed by atoms with Crippen molar-refractivity contribution < 1.29 is 8.42 Å². The number of hydrogen-bond acceptors (Lipinski definition) is 4. The predicted molar refractivity (Wildman–Crippen MR) is 81.4 cm³/mol. The van der Waals surface area contributed by atoms with E-state index in [9.17, 15) is 8.42 Å².